The Morgan fingerprint density at radius 3 is 2.36 bits per heavy atom. The van der Waals surface area contributed by atoms with Crippen LogP contribution in [0.1, 0.15) is 15.9 Å². The molecule has 1 heterocycles. The van der Waals surface area contributed by atoms with Crippen molar-refractivity contribution in [2.24, 2.45) is 0 Å². The Balaban J connectivity index is 1.88. The van der Waals surface area contributed by atoms with E-state index < -0.39 is 10.0 Å². The molecule has 3 rings (SSSR count). The van der Waals surface area contributed by atoms with Crippen molar-refractivity contribution in [3.63, 3.8) is 0 Å². The number of nitrogens with one attached hydrogen (secondary N) is 2. The van der Waals surface area contributed by atoms with E-state index in [0.29, 0.717) is 24.3 Å². The summed E-state index contributed by atoms with van der Waals surface area (Å²) < 4.78 is 27.8. The lowest BCUT2D eigenvalue weighted by Gasteiger charge is -2.28. The van der Waals surface area contributed by atoms with Crippen molar-refractivity contribution in [1.82, 2.24) is 10.2 Å². The summed E-state index contributed by atoms with van der Waals surface area (Å²) in [5.41, 5.74) is 1.64. The number of carbonyl (C=O) groups excluding carboxylic acids is 1. The van der Waals surface area contributed by atoms with Crippen LogP contribution in [0.5, 0.6) is 0 Å². The highest BCUT2D eigenvalue weighted by Gasteiger charge is 2.23. The standard InChI is InChI=1S/C18H21N3O3S/c1-14-6-8-15(9-7-14)25(23,24)20-17-5-3-2-4-16(17)18(22)21-12-10-19-11-13-21/h2-9,19-20H,10-13H2,1H3. The van der Waals surface area contributed by atoms with Crippen molar-refractivity contribution in [1.29, 1.82) is 0 Å². The van der Waals surface area contributed by atoms with E-state index in [9.17, 15) is 13.2 Å². The quantitative estimate of drug-likeness (QED) is 0.873. The molecule has 25 heavy (non-hydrogen) atoms. The van der Waals surface area contributed by atoms with Crippen molar-refractivity contribution in [3.05, 3.63) is 59.7 Å². The summed E-state index contributed by atoms with van der Waals surface area (Å²) in [4.78, 5) is 14.7. The normalized spacial score (nSPS) is 15.0. The summed E-state index contributed by atoms with van der Waals surface area (Å²) in [5, 5.41) is 3.19. The molecule has 1 saturated heterocycles. The molecular weight excluding hydrogens is 338 g/mol. The van der Waals surface area contributed by atoms with E-state index in [0.717, 1.165) is 18.7 Å². The number of aryl methyl sites for hydroxylation is 1. The molecule has 1 fully saturated rings. The minimum absolute atomic E-state index is 0.163. The molecular formula is C18H21N3O3S. The van der Waals surface area contributed by atoms with Crippen LogP contribution in [-0.2, 0) is 10.0 Å². The molecule has 1 aliphatic rings. The number of hydrogen-bond acceptors (Lipinski definition) is 4. The first-order valence-corrected chi connectivity index (χ1v) is 9.64. The first kappa shape index (κ1) is 17.4. The van der Waals surface area contributed by atoms with Gasteiger partial charge in [-0.2, -0.15) is 0 Å². The van der Waals surface area contributed by atoms with Gasteiger partial charge in [0.05, 0.1) is 16.1 Å². The molecule has 0 atom stereocenters. The number of sulfonamides is 1. The molecule has 6 nitrogen and oxygen atoms in total. The maximum Gasteiger partial charge on any atom is 0.261 e. The lowest BCUT2D eigenvalue weighted by molar-refractivity contribution is 0.0737. The van der Waals surface area contributed by atoms with Gasteiger partial charge in [-0.25, -0.2) is 8.42 Å². The van der Waals surface area contributed by atoms with Crippen molar-refractivity contribution < 1.29 is 13.2 Å². The predicted octanol–water partition coefficient (Wildman–Crippen LogP) is 1.84. The average Bonchev–Trinajstić information content (AvgIpc) is 2.62. The Bertz CT molecular complexity index is 857. The largest absolute Gasteiger partial charge is 0.336 e. The highest BCUT2D eigenvalue weighted by Crippen LogP contribution is 2.22. The zero-order chi connectivity index (χ0) is 17.9. The second kappa shape index (κ2) is 7.25. The summed E-state index contributed by atoms with van der Waals surface area (Å²) >= 11 is 0. The third-order valence-corrected chi connectivity index (χ3v) is 5.52. The van der Waals surface area contributed by atoms with E-state index in [1.165, 1.54) is 0 Å². The van der Waals surface area contributed by atoms with E-state index >= 15 is 0 Å². The van der Waals surface area contributed by atoms with E-state index in [1.54, 1.807) is 53.4 Å². The minimum atomic E-state index is -3.75. The molecule has 0 saturated carbocycles. The number of anilines is 1. The second-order valence-electron chi connectivity index (χ2n) is 6.01. The second-order valence-corrected chi connectivity index (χ2v) is 7.69. The zero-order valence-corrected chi connectivity index (χ0v) is 14.8. The van der Waals surface area contributed by atoms with Crippen LogP contribution < -0.4 is 10.0 Å². The molecule has 1 amide bonds. The molecule has 7 heteroatoms. The van der Waals surface area contributed by atoms with Crippen LogP contribution in [0, 0.1) is 6.92 Å². The summed E-state index contributed by atoms with van der Waals surface area (Å²) in [6.07, 6.45) is 0. The number of piperazine rings is 1. The third kappa shape index (κ3) is 4.00. The number of benzene rings is 2. The van der Waals surface area contributed by atoms with Crippen LogP contribution in [0.25, 0.3) is 0 Å². The lowest BCUT2D eigenvalue weighted by atomic mass is 10.1. The van der Waals surface area contributed by atoms with Crippen molar-refractivity contribution in [2.45, 2.75) is 11.8 Å². The van der Waals surface area contributed by atoms with Crippen LogP contribution in [0.2, 0.25) is 0 Å². The van der Waals surface area contributed by atoms with Gasteiger partial charge in [0, 0.05) is 26.2 Å². The summed E-state index contributed by atoms with van der Waals surface area (Å²) in [6, 6.07) is 13.3. The number of hydrogen-bond donors (Lipinski definition) is 2. The fraction of sp³-hybridized carbons (Fsp3) is 0.278. The Hall–Kier alpha value is -2.38. The van der Waals surface area contributed by atoms with Crippen molar-refractivity contribution in [3.8, 4) is 0 Å². The first-order chi connectivity index (χ1) is 12.0. The monoisotopic (exact) mass is 359 g/mol. The van der Waals surface area contributed by atoms with E-state index in [4.69, 9.17) is 0 Å². The maximum atomic E-state index is 12.8. The van der Waals surface area contributed by atoms with Crippen molar-refractivity contribution in [2.75, 3.05) is 30.9 Å². The van der Waals surface area contributed by atoms with Gasteiger partial charge in [-0.1, -0.05) is 29.8 Å². The van der Waals surface area contributed by atoms with Gasteiger partial charge in [0.1, 0.15) is 0 Å². The Kier molecular flexibility index (Phi) is 5.06. The minimum Gasteiger partial charge on any atom is -0.336 e. The smallest absolute Gasteiger partial charge is 0.261 e. The van der Waals surface area contributed by atoms with Crippen LogP contribution >= 0.6 is 0 Å². The molecule has 0 bridgehead atoms. The predicted molar refractivity (Wildman–Crippen MR) is 97.2 cm³/mol. The summed E-state index contributed by atoms with van der Waals surface area (Å²) in [5.74, 6) is -0.163. The molecule has 0 unspecified atom stereocenters. The third-order valence-electron chi connectivity index (χ3n) is 4.14. The number of rotatable bonds is 4. The molecule has 132 valence electrons. The van der Waals surface area contributed by atoms with Gasteiger partial charge < -0.3 is 10.2 Å². The van der Waals surface area contributed by atoms with Crippen molar-refractivity contribution >= 4 is 21.6 Å². The highest BCUT2D eigenvalue weighted by molar-refractivity contribution is 7.92. The highest BCUT2D eigenvalue weighted by atomic mass is 32.2. The zero-order valence-electron chi connectivity index (χ0n) is 14.0. The number of para-hydroxylation sites is 1. The van der Waals surface area contributed by atoms with Gasteiger partial charge in [0.2, 0.25) is 0 Å². The van der Waals surface area contributed by atoms with E-state index in [1.807, 2.05) is 6.92 Å². The Morgan fingerprint density at radius 2 is 1.68 bits per heavy atom. The average molecular weight is 359 g/mol. The topological polar surface area (TPSA) is 78.5 Å². The molecule has 2 aromatic rings. The van der Waals surface area contributed by atoms with Gasteiger partial charge in [-0.15, -0.1) is 0 Å². The van der Waals surface area contributed by atoms with E-state index in [-0.39, 0.29) is 10.8 Å². The fourth-order valence-electron chi connectivity index (χ4n) is 2.72. The number of amides is 1. The van der Waals surface area contributed by atoms with E-state index in [2.05, 4.69) is 10.0 Å². The maximum absolute atomic E-state index is 12.8. The van der Waals surface area contributed by atoms with Crippen LogP contribution in [-0.4, -0.2) is 45.4 Å². The molecule has 0 radical (unpaired) electrons. The summed E-state index contributed by atoms with van der Waals surface area (Å²) in [7, 11) is -3.75. The molecule has 0 aromatic heterocycles. The number of nitrogens with zero attached hydrogens (tertiary/aromatic N) is 1. The van der Waals surface area contributed by atoms with Gasteiger partial charge >= 0.3 is 0 Å². The van der Waals surface area contributed by atoms with Gasteiger partial charge in [-0.05, 0) is 31.2 Å². The van der Waals surface area contributed by atoms with Crippen LogP contribution in [0.15, 0.2) is 53.4 Å². The van der Waals surface area contributed by atoms with Gasteiger partial charge in [-0.3, -0.25) is 9.52 Å². The summed E-state index contributed by atoms with van der Waals surface area (Å²) in [6.45, 7) is 4.59. The molecule has 1 aliphatic heterocycles. The molecule has 2 aromatic carbocycles. The molecule has 2 N–H and O–H groups in total. The van der Waals surface area contributed by atoms with Gasteiger partial charge in [0.15, 0.2) is 0 Å². The molecule has 0 aliphatic carbocycles. The lowest BCUT2D eigenvalue weighted by Crippen LogP contribution is -2.46. The Morgan fingerprint density at radius 1 is 1.04 bits per heavy atom. The van der Waals surface area contributed by atoms with Crippen LogP contribution in [0.4, 0.5) is 5.69 Å². The number of carbonyl (C=O) groups is 1. The molecule has 0 spiro atoms. The van der Waals surface area contributed by atoms with Crippen LogP contribution in [0.3, 0.4) is 0 Å². The SMILES string of the molecule is Cc1ccc(S(=O)(=O)Nc2ccccc2C(=O)N2CCNCC2)cc1. The first-order valence-electron chi connectivity index (χ1n) is 8.16. The Labute approximate surface area is 147 Å². The fourth-order valence-corrected chi connectivity index (χ4v) is 3.80. The van der Waals surface area contributed by atoms with Gasteiger partial charge in [0.25, 0.3) is 15.9 Å².